The number of H-pyrrole nitrogens is 1. The molecule has 0 spiro atoms. The van der Waals surface area contributed by atoms with Gasteiger partial charge in [-0.2, -0.15) is 0 Å². The maximum atomic E-state index is 11.9. The lowest BCUT2D eigenvalue weighted by atomic mass is 10.1. The summed E-state index contributed by atoms with van der Waals surface area (Å²) in [6.45, 7) is 0. The third-order valence-corrected chi connectivity index (χ3v) is 7.21. The van der Waals surface area contributed by atoms with Crippen LogP contribution in [0.4, 0.5) is 5.13 Å². The van der Waals surface area contributed by atoms with Crippen LogP contribution in [-0.4, -0.2) is 26.9 Å². The summed E-state index contributed by atoms with van der Waals surface area (Å²) in [7, 11) is -6.64. The van der Waals surface area contributed by atoms with E-state index in [1.54, 1.807) is 43.5 Å². The summed E-state index contributed by atoms with van der Waals surface area (Å²) >= 11 is 1.35. The van der Waals surface area contributed by atoms with E-state index in [9.17, 15) is 13.5 Å². The number of aromatic nitrogens is 1. The summed E-state index contributed by atoms with van der Waals surface area (Å²) in [5.41, 5.74) is 2.20. The van der Waals surface area contributed by atoms with Crippen LogP contribution in [0, 0.1) is 10.2 Å². The van der Waals surface area contributed by atoms with Gasteiger partial charge >= 0.3 is 5.13 Å². The molecule has 5 aromatic rings. The van der Waals surface area contributed by atoms with Crippen molar-refractivity contribution in [2.75, 3.05) is 13.4 Å². The smallest absolute Gasteiger partial charge is 0.381 e. The quantitative estimate of drug-likeness (QED) is 0.298. The minimum Gasteiger partial charge on any atom is -0.508 e. The molecule has 0 atom stereocenters. The number of sulfone groups is 1. The molecule has 0 aliphatic heterocycles. The Bertz CT molecular complexity index is 1790. The lowest BCUT2D eigenvalue weighted by Crippen LogP contribution is -2.68. The summed E-state index contributed by atoms with van der Waals surface area (Å²) in [5.74, 6) is 1.45. The van der Waals surface area contributed by atoms with Gasteiger partial charge in [-0.3, -0.25) is 0 Å². The van der Waals surface area contributed by atoms with E-state index in [-0.39, 0.29) is 10.6 Å². The number of ether oxygens (including phenoxy) is 1. The number of nitrogens with zero attached hydrogens (tertiary/aromatic N) is 1. The largest absolute Gasteiger partial charge is 0.508 e. The van der Waals surface area contributed by atoms with E-state index in [2.05, 4.69) is 4.98 Å². The fourth-order valence-electron chi connectivity index (χ4n) is 3.47. The van der Waals surface area contributed by atoms with Gasteiger partial charge in [-0.25, -0.2) is 32.0 Å². The van der Waals surface area contributed by atoms with E-state index in [1.165, 1.54) is 17.6 Å². The Labute approximate surface area is 221 Å². The Morgan fingerprint density at radius 2 is 1.68 bits per heavy atom. The third kappa shape index (κ3) is 6.85. The first-order valence-corrected chi connectivity index (χ1v) is 14.5. The number of aromatic hydroxyl groups is 1. The topological polar surface area (TPSA) is 195 Å². The fourth-order valence-corrected chi connectivity index (χ4v) is 5.12. The van der Waals surface area contributed by atoms with Gasteiger partial charge < -0.3 is 14.3 Å². The maximum absolute atomic E-state index is 11.9. The van der Waals surface area contributed by atoms with Crippen molar-refractivity contribution in [2.45, 2.75) is 4.90 Å². The summed E-state index contributed by atoms with van der Waals surface area (Å²) < 4.78 is 69.9. The van der Waals surface area contributed by atoms with Gasteiger partial charge in [0.25, 0.3) is 0 Å². The molecular weight excluding hydrogens is 560 g/mol. The molecule has 14 heteroatoms. The highest BCUT2D eigenvalue weighted by Crippen LogP contribution is 2.28. The van der Waals surface area contributed by atoms with E-state index in [0.29, 0.717) is 27.2 Å². The summed E-state index contributed by atoms with van der Waals surface area (Å²) in [4.78, 5) is 8.26. The van der Waals surface area contributed by atoms with Crippen molar-refractivity contribution in [3.05, 3.63) is 72.1 Å². The Morgan fingerprint density at radius 1 is 1.00 bits per heavy atom. The van der Waals surface area contributed by atoms with Crippen LogP contribution in [0.1, 0.15) is 0 Å². The molecule has 0 bridgehead atoms. The lowest BCUT2D eigenvalue weighted by molar-refractivity contribution is -2.00. The fraction of sp³-hybridized carbons (Fsp3) is 0.0833. The van der Waals surface area contributed by atoms with E-state index in [1.807, 2.05) is 30.3 Å². The van der Waals surface area contributed by atoms with Crippen LogP contribution in [0.15, 0.2) is 81.0 Å². The number of rotatable bonds is 4. The molecule has 3 aromatic carbocycles. The SMILES string of the molecule is COc1ccc(-c2c/c(=N\c3[nH+]c4ccc(S(C)(=O)=O)cc4s3)c3cc(O)ccc3o2)cc1.[O-][Cl+3]([O-])([O-])[O-]. The number of hydrogen-bond acceptors (Lipinski definition) is 11. The molecule has 5 rings (SSSR count). The number of nitrogens with one attached hydrogen (secondary N) is 1. The van der Waals surface area contributed by atoms with Gasteiger partial charge in [0.2, 0.25) is 0 Å². The molecular formula is C24H19ClN2O9S2. The second-order valence-corrected chi connectivity index (χ2v) is 11.7. The first-order valence-electron chi connectivity index (χ1n) is 10.5. The van der Waals surface area contributed by atoms with Crippen LogP contribution in [0.5, 0.6) is 11.5 Å². The second kappa shape index (κ2) is 10.7. The Hall–Kier alpha value is -3.56. The van der Waals surface area contributed by atoms with Crippen LogP contribution in [0.3, 0.4) is 0 Å². The predicted octanol–water partition coefficient (Wildman–Crippen LogP) is -0.277. The maximum Gasteiger partial charge on any atom is 0.381 e. The molecule has 0 aliphatic rings. The van der Waals surface area contributed by atoms with Crippen LogP contribution in [0.2, 0.25) is 0 Å². The van der Waals surface area contributed by atoms with E-state index in [0.717, 1.165) is 21.5 Å². The molecule has 0 radical (unpaired) electrons. The third-order valence-electron chi connectivity index (χ3n) is 5.15. The Balaban J connectivity index is 0.000000617. The first-order chi connectivity index (χ1) is 17.8. The average molecular weight is 579 g/mol. The van der Waals surface area contributed by atoms with Crippen LogP contribution < -0.4 is 33.7 Å². The lowest BCUT2D eigenvalue weighted by Gasteiger charge is -2.17. The van der Waals surface area contributed by atoms with E-state index in [4.69, 9.17) is 32.8 Å². The van der Waals surface area contributed by atoms with Crippen molar-refractivity contribution in [3.8, 4) is 22.8 Å². The molecule has 0 saturated heterocycles. The van der Waals surface area contributed by atoms with Crippen molar-refractivity contribution in [1.29, 1.82) is 0 Å². The van der Waals surface area contributed by atoms with Gasteiger partial charge in [0.05, 0.1) is 22.1 Å². The highest BCUT2D eigenvalue weighted by Gasteiger charge is 2.16. The van der Waals surface area contributed by atoms with Crippen molar-refractivity contribution in [1.82, 2.24) is 0 Å². The molecule has 0 saturated carbocycles. The number of methoxy groups -OCH3 is 1. The zero-order chi connectivity index (χ0) is 27.7. The molecule has 2 heterocycles. The van der Waals surface area contributed by atoms with Crippen molar-refractivity contribution < 1.29 is 56.5 Å². The number of benzene rings is 3. The minimum absolute atomic E-state index is 0.101. The van der Waals surface area contributed by atoms with Gasteiger partial charge in [-0.1, -0.05) is 0 Å². The zero-order valence-corrected chi connectivity index (χ0v) is 22.1. The average Bonchev–Trinajstić information content (AvgIpc) is 3.24. The zero-order valence-electron chi connectivity index (χ0n) is 19.7. The van der Waals surface area contributed by atoms with Crippen LogP contribution in [0.25, 0.3) is 32.5 Å². The molecule has 0 unspecified atom stereocenters. The summed E-state index contributed by atoms with van der Waals surface area (Å²) in [6, 6.07) is 19.1. The highest BCUT2D eigenvalue weighted by atomic mass is 35.7. The molecule has 0 amide bonds. The normalized spacial score (nSPS) is 12.4. The van der Waals surface area contributed by atoms with E-state index >= 15 is 0 Å². The number of phenolic OH excluding ortho intramolecular Hbond substituents is 1. The van der Waals surface area contributed by atoms with Crippen molar-refractivity contribution >= 4 is 47.5 Å². The Kier molecular flexibility index (Phi) is 7.71. The number of phenols is 1. The molecule has 0 fully saturated rings. The highest BCUT2D eigenvalue weighted by molar-refractivity contribution is 7.90. The standard InChI is InChI=1S/C24H18N2O5S2.ClHO4/c1-30-16-6-3-14(4-7-16)22-13-20(18-11-15(27)5-10-21(18)31-22)26-24-25-19-9-8-17(33(2,28)29)12-23(19)32-24;2-1(3,4)5/h3-13,27H,1-2H3;(H,2,3,4,5)/b26-20+;. The molecule has 0 aliphatic carbocycles. The van der Waals surface area contributed by atoms with Crippen LogP contribution >= 0.6 is 11.3 Å². The summed E-state index contributed by atoms with van der Waals surface area (Å²) in [5, 5.41) is 11.9. The molecule has 11 nitrogen and oxygen atoms in total. The second-order valence-electron chi connectivity index (χ2n) is 7.86. The number of fused-ring (bicyclic) bond motifs is 2. The predicted molar refractivity (Wildman–Crippen MR) is 127 cm³/mol. The number of hydrogen-bond donors (Lipinski definition) is 1. The molecule has 2 N–H and O–H groups in total. The van der Waals surface area contributed by atoms with Crippen LogP contribution in [-0.2, 0) is 9.84 Å². The van der Waals surface area contributed by atoms with Crippen molar-refractivity contribution in [3.63, 3.8) is 0 Å². The van der Waals surface area contributed by atoms with Gasteiger partial charge in [0.15, 0.2) is 15.2 Å². The number of aromatic amines is 1. The first kappa shape index (κ1) is 27.5. The number of halogens is 1. The monoisotopic (exact) mass is 578 g/mol. The molecule has 38 heavy (non-hydrogen) atoms. The molecule has 198 valence electrons. The molecule has 2 aromatic heterocycles. The van der Waals surface area contributed by atoms with Crippen molar-refractivity contribution in [2.24, 2.45) is 4.99 Å². The van der Waals surface area contributed by atoms with Gasteiger partial charge in [0, 0.05) is 17.9 Å². The van der Waals surface area contributed by atoms with Gasteiger partial charge in [-0.05, 0) is 77.0 Å². The minimum atomic E-state index is -4.94. The number of thiazole rings is 1. The van der Waals surface area contributed by atoms with E-state index < -0.39 is 20.1 Å². The van der Waals surface area contributed by atoms with Gasteiger partial charge in [-0.15, -0.1) is 10.2 Å². The Morgan fingerprint density at radius 3 is 2.32 bits per heavy atom. The summed E-state index contributed by atoms with van der Waals surface area (Å²) in [6.07, 6.45) is 1.18. The van der Waals surface area contributed by atoms with Gasteiger partial charge in [0.1, 0.15) is 28.4 Å².